The zero-order chi connectivity index (χ0) is 23.3. The molecule has 5 rings (SSSR count). The Bertz CT molecular complexity index is 1260. The molecule has 6 nitrogen and oxygen atoms in total. The second-order valence-electron chi connectivity index (χ2n) is 9.07. The van der Waals surface area contributed by atoms with Gasteiger partial charge in [0.25, 0.3) is 0 Å². The van der Waals surface area contributed by atoms with Crippen molar-refractivity contribution in [2.24, 2.45) is 0 Å². The molecule has 1 aliphatic rings. The number of hydrogen-bond donors (Lipinski definition) is 1. The predicted molar refractivity (Wildman–Crippen MR) is 134 cm³/mol. The molecule has 1 amide bonds. The first-order chi connectivity index (χ1) is 16.7. The third-order valence-electron chi connectivity index (χ3n) is 6.67. The number of amides is 1. The molecule has 1 unspecified atom stereocenters. The fourth-order valence-electron chi connectivity index (χ4n) is 4.82. The summed E-state index contributed by atoms with van der Waals surface area (Å²) in [5.41, 5.74) is 2.53. The van der Waals surface area contributed by atoms with Gasteiger partial charge in [0.2, 0.25) is 5.91 Å². The molecule has 0 radical (unpaired) electrons. The molecule has 3 aromatic carbocycles. The summed E-state index contributed by atoms with van der Waals surface area (Å²) < 4.78 is 2.20. The van der Waals surface area contributed by atoms with Crippen LogP contribution in [0.15, 0.2) is 72.8 Å². The van der Waals surface area contributed by atoms with Gasteiger partial charge in [-0.05, 0) is 35.2 Å². The van der Waals surface area contributed by atoms with Crippen molar-refractivity contribution in [2.45, 2.75) is 45.3 Å². The van der Waals surface area contributed by atoms with Gasteiger partial charge in [0, 0.05) is 39.0 Å². The van der Waals surface area contributed by atoms with E-state index in [1.807, 2.05) is 25.1 Å². The lowest BCUT2D eigenvalue weighted by atomic mass is 10.0. The van der Waals surface area contributed by atoms with Crippen LogP contribution in [-0.4, -0.2) is 38.7 Å². The number of aryl methyl sites for hydroxylation is 1. The molecule has 0 fully saturated rings. The van der Waals surface area contributed by atoms with Crippen molar-refractivity contribution in [2.75, 3.05) is 13.1 Å². The summed E-state index contributed by atoms with van der Waals surface area (Å²) in [5.74, 6) is 1.88. The minimum absolute atomic E-state index is 0.0416. The van der Waals surface area contributed by atoms with Crippen molar-refractivity contribution >= 4 is 16.7 Å². The molecular formula is C28H31N5O. The Morgan fingerprint density at radius 2 is 1.74 bits per heavy atom. The van der Waals surface area contributed by atoms with E-state index in [9.17, 15) is 4.79 Å². The van der Waals surface area contributed by atoms with Crippen molar-refractivity contribution in [3.05, 3.63) is 95.6 Å². The number of carbonyl (C=O) groups excluding carboxylic acids is 1. The van der Waals surface area contributed by atoms with Crippen LogP contribution in [0.5, 0.6) is 0 Å². The van der Waals surface area contributed by atoms with Crippen LogP contribution in [0, 0.1) is 0 Å². The van der Waals surface area contributed by atoms with Crippen LogP contribution in [0.3, 0.4) is 0 Å². The maximum absolute atomic E-state index is 12.5. The van der Waals surface area contributed by atoms with Gasteiger partial charge in [-0.1, -0.05) is 72.8 Å². The number of aromatic nitrogens is 3. The first-order valence-electron chi connectivity index (χ1n) is 12.1. The molecule has 0 saturated heterocycles. The van der Waals surface area contributed by atoms with Crippen LogP contribution in [0.25, 0.3) is 10.8 Å². The van der Waals surface area contributed by atoms with Gasteiger partial charge in [-0.25, -0.2) is 0 Å². The summed E-state index contributed by atoms with van der Waals surface area (Å²) in [6, 6.07) is 25.1. The molecule has 2 heterocycles. The van der Waals surface area contributed by atoms with Crippen molar-refractivity contribution < 1.29 is 4.79 Å². The number of nitrogens with zero attached hydrogens (tertiary/aromatic N) is 4. The van der Waals surface area contributed by atoms with Gasteiger partial charge in [-0.3, -0.25) is 9.69 Å². The summed E-state index contributed by atoms with van der Waals surface area (Å²) >= 11 is 0. The molecule has 4 aromatic rings. The topological polar surface area (TPSA) is 63.1 Å². The van der Waals surface area contributed by atoms with E-state index in [-0.39, 0.29) is 11.9 Å². The Morgan fingerprint density at radius 3 is 2.62 bits per heavy atom. The molecule has 1 aromatic heterocycles. The monoisotopic (exact) mass is 453 g/mol. The van der Waals surface area contributed by atoms with Gasteiger partial charge < -0.3 is 9.88 Å². The highest BCUT2D eigenvalue weighted by atomic mass is 16.1. The molecule has 6 heteroatoms. The Labute approximate surface area is 200 Å². The van der Waals surface area contributed by atoms with E-state index in [1.165, 1.54) is 21.9 Å². The molecule has 1 atom stereocenters. The smallest absolute Gasteiger partial charge is 0.220 e. The lowest BCUT2D eigenvalue weighted by molar-refractivity contribution is -0.121. The lowest BCUT2D eigenvalue weighted by Crippen LogP contribution is -2.30. The van der Waals surface area contributed by atoms with Gasteiger partial charge in [-0.2, -0.15) is 0 Å². The minimum atomic E-state index is -0.172. The fraction of sp³-hybridized carbons (Fsp3) is 0.321. The van der Waals surface area contributed by atoms with Crippen molar-refractivity contribution in [1.29, 1.82) is 0 Å². The van der Waals surface area contributed by atoms with E-state index in [2.05, 4.69) is 79.6 Å². The summed E-state index contributed by atoms with van der Waals surface area (Å²) in [7, 11) is 0. The van der Waals surface area contributed by atoms with Crippen molar-refractivity contribution in [1.82, 2.24) is 25.0 Å². The van der Waals surface area contributed by atoms with Crippen LogP contribution in [0.2, 0.25) is 0 Å². The first kappa shape index (κ1) is 22.3. The van der Waals surface area contributed by atoms with Crippen LogP contribution in [0.1, 0.15) is 42.2 Å². The van der Waals surface area contributed by atoms with Gasteiger partial charge >= 0.3 is 0 Å². The molecule has 0 saturated carbocycles. The SMILES string of the molecule is CC(NC(=O)CCc1ccccc1)c1nnc2n1CCN(Cc1cccc3ccccc13)CC2. The fourth-order valence-corrected chi connectivity index (χ4v) is 4.82. The summed E-state index contributed by atoms with van der Waals surface area (Å²) in [4.78, 5) is 15.0. The van der Waals surface area contributed by atoms with Crippen LogP contribution >= 0.6 is 0 Å². The lowest BCUT2D eigenvalue weighted by Gasteiger charge is -2.21. The van der Waals surface area contributed by atoms with Gasteiger partial charge in [0.15, 0.2) is 5.82 Å². The average molecular weight is 454 g/mol. The van der Waals surface area contributed by atoms with E-state index in [0.717, 1.165) is 50.7 Å². The number of benzene rings is 3. The average Bonchev–Trinajstić information content (AvgIpc) is 3.18. The van der Waals surface area contributed by atoms with E-state index in [4.69, 9.17) is 0 Å². The zero-order valence-electron chi connectivity index (χ0n) is 19.7. The normalized spacial score (nSPS) is 15.0. The number of fused-ring (bicyclic) bond motifs is 2. The standard InChI is InChI=1S/C28H31N5O/c1-21(29-27(34)15-14-22-8-3-2-4-9-22)28-31-30-26-16-17-32(18-19-33(26)28)20-24-12-7-11-23-10-5-6-13-25(23)24/h2-13,21H,14-20H2,1H3,(H,29,34). The molecule has 34 heavy (non-hydrogen) atoms. The van der Waals surface area contributed by atoms with Gasteiger partial charge in [0.1, 0.15) is 5.82 Å². The number of carbonyl (C=O) groups is 1. The highest BCUT2D eigenvalue weighted by molar-refractivity contribution is 5.85. The molecular weight excluding hydrogens is 422 g/mol. The Kier molecular flexibility index (Phi) is 6.67. The highest BCUT2D eigenvalue weighted by Gasteiger charge is 2.23. The second-order valence-corrected chi connectivity index (χ2v) is 9.07. The van der Waals surface area contributed by atoms with Crippen LogP contribution in [-0.2, 0) is 30.7 Å². The number of hydrogen-bond acceptors (Lipinski definition) is 4. The van der Waals surface area contributed by atoms with Gasteiger partial charge in [0.05, 0.1) is 6.04 Å². The van der Waals surface area contributed by atoms with E-state index < -0.39 is 0 Å². The quantitative estimate of drug-likeness (QED) is 0.453. The predicted octanol–water partition coefficient (Wildman–Crippen LogP) is 4.30. The molecule has 0 spiro atoms. The van der Waals surface area contributed by atoms with Crippen LogP contribution < -0.4 is 5.32 Å². The summed E-state index contributed by atoms with van der Waals surface area (Å²) in [6.45, 7) is 5.61. The summed E-state index contributed by atoms with van der Waals surface area (Å²) in [5, 5.41) is 14.6. The number of rotatable bonds is 7. The number of nitrogens with one attached hydrogen (secondary N) is 1. The van der Waals surface area contributed by atoms with E-state index in [0.29, 0.717) is 6.42 Å². The molecule has 1 aliphatic heterocycles. The molecule has 174 valence electrons. The second kappa shape index (κ2) is 10.2. The molecule has 1 N–H and O–H groups in total. The van der Waals surface area contributed by atoms with Crippen LogP contribution in [0.4, 0.5) is 0 Å². The maximum Gasteiger partial charge on any atom is 0.220 e. The largest absolute Gasteiger partial charge is 0.346 e. The molecule has 0 aliphatic carbocycles. The maximum atomic E-state index is 12.5. The first-order valence-corrected chi connectivity index (χ1v) is 12.1. The van der Waals surface area contributed by atoms with Crippen molar-refractivity contribution in [3.8, 4) is 0 Å². The third-order valence-corrected chi connectivity index (χ3v) is 6.67. The Hall–Kier alpha value is -3.51. The highest BCUT2D eigenvalue weighted by Crippen LogP contribution is 2.22. The Balaban J connectivity index is 1.21. The van der Waals surface area contributed by atoms with E-state index in [1.54, 1.807) is 0 Å². The van der Waals surface area contributed by atoms with E-state index >= 15 is 0 Å². The minimum Gasteiger partial charge on any atom is -0.346 e. The summed E-state index contributed by atoms with van der Waals surface area (Å²) in [6.07, 6.45) is 2.06. The van der Waals surface area contributed by atoms with Gasteiger partial charge in [-0.15, -0.1) is 10.2 Å². The molecule has 0 bridgehead atoms. The Morgan fingerprint density at radius 1 is 0.941 bits per heavy atom. The third kappa shape index (κ3) is 5.02. The van der Waals surface area contributed by atoms with Crippen molar-refractivity contribution in [3.63, 3.8) is 0 Å². The zero-order valence-corrected chi connectivity index (χ0v) is 19.7.